The Balaban J connectivity index is 1.59. The van der Waals surface area contributed by atoms with Crippen LogP contribution in [0.1, 0.15) is 13.8 Å². The number of rotatable bonds is 6. The van der Waals surface area contributed by atoms with Gasteiger partial charge < -0.3 is 19.7 Å². The number of anilines is 3. The molecule has 13 nitrogen and oxygen atoms in total. The Kier molecular flexibility index (Phi) is 7.65. The van der Waals surface area contributed by atoms with E-state index in [4.69, 9.17) is 14.5 Å². The second-order valence-corrected chi connectivity index (χ2v) is 9.43. The van der Waals surface area contributed by atoms with Crippen LogP contribution >= 0.6 is 0 Å². The number of H-pyrrole nitrogens is 1. The normalized spacial score (nSPS) is 16.7. The fourth-order valence-electron chi connectivity index (χ4n) is 4.46. The van der Waals surface area contributed by atoms with E-state index in [9.17, 15) is 18.0 Å². The molecule has 3 N–H and O–H groups in total. The molecule has 2 aliphatic heterocycles. The second kappa shape index (κ2) is 11.1. The summed E-state index contributed by atoms with van der Waals surface area (Å²) in [6.07, 6.45) is -2.70. The summed E-state index contributed by atoms with van der Waals surface area (Å²) in [5.74, 6) is 0.957. The van der Waals surface area contributed by atoms with Crippen molar-refractivity contribution in [2.24, 2.45) is 0 Å². The largest absolute Gasteiger partial charge is 0.447 e. The number of morpholine rings is 1. The maximum atomic E-state index is 13.8. The minimum absolute atomic E-state index is 0.00801. The van der Waals surface area contributed by atoms with Crippen LogP contribution in [0.15, 0.2) is 12.4 Å². The standard InChI is InChI=1S/C23H29F3N10O3/c1-14(2)39-22(37)33-20-28-11-15(12-29-20)17-31-18(34-7-9-38-10-8-34)16-19(32-17)36(13-23(24,25)26)21(30-16)35-5-3-27-4-6-35/h11-12,14,27H,3-10,13H2,1-2H3,(H,28,29,31,32,33,37)/p+1. The van der Waals surface area contributed by atoms with Crippen LogP contribution in [0.25, 0.3) is 22.6 Å². The molecule has 0 saturated carbocycles. The number of piperazine rings is 1. The van der Waals surface area contributed by atoms with Crippen LogP contribution in [0.2, 0.25) is 0 Å². The van der Waals surface area contributed by atoms with E-state index >= 15 is 0 Å². The van der Waals surface area contributed by atoms with Crippen LogP contribution in [0.4, 0.5) is 35.7 Å². The molecule has 16 heteroatoms. The molecule has 3 aromatic heterocycles. The van der Waals surface area contributed by atoms with E-state index in [1.165, 1.54) is 12.4 Å². The number of hydrogen-bond donors (Lipinski definition) is 3. The van der Waals surface area contributed by atoms with Gasteiger partial charge in [0.05, 0.1) is 38.0 Å². The molecule has 0 atom stereocenters. The highest BCUT2D eigenvalue weighted by atomic mass is 19.4. The molecule has 0 bridgehead atoms. The van der Waals surface area contributed by atoms with Crippen LogP contribution in [-0.2, 0) is 16.0 Å². The van der Waals surface area contributed by atoms with Gasteiger partial charge in [0.1, 0.15) is 0 Å². The van der Waals surface area contributed by atoms with Crippen molar-refractivity contribution in [3.8, 4) is 11.4 Å². The summed E-state index contributed by atoms with van der Waals surface area (Å²) in [7, 11) is 0. The molecule has 39 heavy (non-hydrogen) atoms. The summed E-state index contributed by atoms with van der Waals surface area (Å²) < 4.78 is 53.1. The van der Waals surface area contributed by atoms with Gasteiger partial charge in [-0.1, -0.05) is 0 Å². The van der Waals surface area contributed by atoms with Crippen molar-refractivity contribution in [2.75, 3.05) is 67.6 Å². The monoisotopic (exact) mass is 551 g/mol. The number of carbonyl (C=O) groups excluding carboxylic acids is 1. The lowest BCUT2D eigenvalue weighted by Crippen LogP contribution is -2.51. The highest BCUT2D eigenvalue weighted by Crippen LogP contribution is 2.29. The third kappa shape index (κ3) is 6.27. The number of nitrogens with zero attached hydrogens (tertiary/aromatic N) is 7. The van der Waals surface area contributed by atoms with Gasteiger partial charge in [0.15, 0.2) is 17.9 Å². The van der Waals surface area contributed by atoms with Gasteiger partial charge >= 0.3 is 18.2 Å². The van der Waals surface area contributed by atoms with Crippen molar-refractivity contribution in [3.05, 3.63) is 12.4 Å². The Morgan fingerprint density at radius 3 is 2.46 bits per heavy atom. The first kappa shape index (κ1) is 26.8. The first-order valence-corrected chi connectivity index (χ1v) is 12.7. The number of alkyl halides is 3. The summed E-state index contributed by atoms with van der Waals surface area (Å²) in [6.45, 7) is 6.55. The van der Waals surface area contributed by atoms with Gasteiger partial charge in [-0.2, -0.15) is 18.2 Å². The first-order chi connectivity index (χ1) is 18.7. The average Bonchev–Trinajstić information content (AvgIpc) is 3.26. The minimum Gasteiger partial charge on any atom is -0.447 e. The lowest BCUT2D eigenvalue weighted by molar-refractivity contribution is -0.685. The zero-order chi connectivity index (χ0) is 27.6. The highest BCUT2D eigenvalue weighted by molar-refractivity contribution is 5.85. The highest BCUT2D eigenvalue weighted by Gasteiger charge is 2.37. The molecule has 0 unspecified atom stereocenters. The fraction of sp³-hybridized carbons (Fsp3) is 0.565. The molecule has 210 valence electrons. The zero-order valence-electron chi connectivity index (χ0n) is 21.6. The van der Waals surface area contributed by atoms with E-state index in [1.54, 1.807) is 13.8 Å². The van der Waals surface area contributed by atoms with Gasteiger partial charge in [-0.15, -0.1) is 4.98 Å². The Morgan fingerprint density at radius 1 is 1.13 bits per heavy atom. The number of fused-ring (bicyclic) bond motifs is 1. The van der Waals surface area contributed by atoms with Gasteiger partial charge in [0.25, 0.3) is 5.65 Å². The number of ether oxygens (including phenoxy) is 2. The molecular weight excluding hydrogens is 521 g/mol. The molecule has 2 saturated heterocycles. The molecule has 1 amide bonds. The maximum Gasteiger partial charge on any atom is 0.416 e. The second-order valence-electron chi connectivity index (χ2n) is 9.43. The lowest BCUT2D eigenvalue weighted by atomic mass is 10.3. The summed E-state index contributed by atoms with van der Waals surface area (Å²) in [5.41, 5.74) is 0.904. The topological polar surface area (TPSA) is 137 Å². The molecular formula is C23H30F3N10O3+. The summed E-state index contributed by atoms with van der Waals surface area (Å²) in [4.78, 5) is 36.5. The Morgan fingerprint density at radius 2 is 1.82 bits per heavy atom. The average molecular weight is 552 g/mol. The van der Waals surface area contributed by atoms with E-state index in [-0.39, 0.29) is 23.5 Å². The third-order valence-electron chi connectivity index (χ3n) is 6.15. The van der Waals surface area contributed by atoms with Gasteiger partial charge in [0, 0.05) is 38.6 Å². The fourth-order valence-corrected chi connectivity index (χ4v) is 4.46. The Labute approximate surface area is 221 Å². The van der Waals surface area contributed by atoms with Crippen molar-refractivity contribution < 1.29 is 32.0 Å². The number of halogens is 3. The van der Waals surface area contributed by atoms with Crippen LogP contribution in [0.5, 0.6) is 0 Å². The predicted molar refractivity (Wildman–Crippen MR) is 135 cm³/mol. The Hall–Kier alpha value is -3.79. The molecule has 5 rings (SSSR count). The van der Waals surface area contributed by atoms with Crippen molar-refractivity contribution in [1.82, 2.24) is 30.2 Å². The lowest BCUT2D eigenvalue weighted by Gasteiger charge is -2.27. The zero-order valence-corrected chi connectivity index (χ0v) is 21.6. The third-order valence-corrected chi connectivity index (χ3v) is 6.15. The molecule has 0 radical (unpaired) electrons. The number of aromatic amines is 1. The predicted octanol–water partition coefficient (Wildman–Crippen LogP) is 1.47. The van der Waals surface area contributed by atoms with Gasteiger partial charge in [-0.3, -0.25) is 15.2 Å². The quantitative estimate of drug-likeness (QED) is 0.386. The Bertz CT molecular complexity index is 1300. The summed E-state index contributed by atoms with van der Waals surface area (Å²) >= 11 is 0. The SMILES string of the molecule is CC(C)OC(=O)Nc1ncc(-c2nc(N3CCOCC3)c3[nH]c(N4CCNCC4)[n+](CC(F)(F)F)c3n2)cn1. The molecule has 2 fully saturated rings. The van der Waals surface area contributed by atoms with E-state index in [0.29, 0.717) is 75.3 Å². The smallest absolute Gasteiger partial charge is 0.416 e. The molecule has 2 aliphatic rings. The summed E-state index contributed by atoms with van der Waals surface area (Å²) in [5, 5.41) is 5.65. The van der Waals surface area contributed by atoms with Gasteiger partial charge in [-0.25, -0.2) is 19.3 Å². The van der Waals surface area contributed by atoms with E-state index < -0.39 is 18.8 Å². The molecule has 3 aromatic rings. The molecule has 0 aromatic carbocycles. The van der Waals surface area contributed by atoms with E-state index in [0.717, 1.165) is 4.57 Å². The summed E-state index contributed by atoms with van der Waals surface area (Å²) in [6, 6.07) is 0. The molecule has 0 aliphatic carbocycles. The van der Waals surface area contributed by atoms with Crippen LogP contribution < -0.4 is 25.0 Å². The van der Waals surface area contributed by atoms with Gasteiger partial charge in [-0.05, 0) is 13.8 Å². The van der Waals surface area contributed by atoms with Crippen LogP contribution in [-0.4, -0.2) is 95.8 Å². The van der Waals surface area contributed by atoms with E-state index in [1.807, 2.05) is 9.80 Å². The van der Waals surface area contributed by atoms with Crippen molar-refractivity contribution in [2.45, 2.75) is 32.7 Å². The van der Waals surface area contributed by atoms with Gasteiger partial charge in [0.2, 0.25) is 11.8 Å². The first-order valence-electron chi connectivity index (χ1n) is 12.7. The molecule has 0 spiro atoms. The number of aromatic nitrogens is 6. The van der Waals surface area contributed by atoms with Crippen molar-refractivity contribution in [1.29, 1.82) is 0 Å². The number of imidazole rings is 1. The number of amides is 1. The van der Waals surface area contributed by atoms with E-state index in [2.05, 4.69) is 30.6 Å². The minimum atomic E-state index is -4.48. The van der Waals surface area contributed by atoms with Crippen molar-refractivity contribution >= 4 is 35.0 Å². The number of carbonyl (C=O) groups is 1. The van der Waals surface area contributed by atoms with Crippen LogP contribution in [0.3, 0.4) is 0 Å². The number of hydrogen-bond acceptors (Lipinski definition) is 10. The van der Waals surface area contributed by atoms with Crippen molar-refractivity contribution in [3.63, 3.8) is 0 Å². The maximum absolute atomic E-state index is 13.8. The molecule has 5 heterocycles. The van der Waals surface area contributed by atoms with Crippen LogP contribution in [0, 0.1) is 0 Å². The number of nitrogens with one attached hydrogen (secondary N) is 3.